The Bertz CT molecular complexity index is 890. The van der Waals surface area contributed by atoms with Crippen molar-refractivity contribution in [2.24, 2.45) is 11.8 Å². The highest BCUT2D eigenvalue weighted by Gasteiger charge is 2.40. The Morgan fingerprint density at radius 1 is 0.964 bits per heavy atom. The molecular weight excluding hydrogens is 348 g/mol. The molecule has 0 aromatic heterocycles. The van der Waals surface area contributed by atoms with E-state index in [1.165, 1.54) is 19.3 Å². The van der Waals surface area contributed by atoms with E-state index in [-0.39, 0.29) is 17.9 Å². The van der Waals surface area contributed by atoms with Crippen molar-refractivity contribution < 1.29 is 9.59 Å². The number of hydrogen-bond acceptors (Lipinski definition) is 2. The van der Waals surface area contributed by atoms with Gasteiger partial charge < -0.3 is 10.6 Å². The van der Waals surface area contributed by atoms with Crippen LogP contribution in [0, 0.1) is 11.8 Å². The van der Waals surface area contributed by atoms with Crippen molar-refractivity contribution in [2.45, 2.75) is 51.6 Å². The third-order valence-corrected chi connectivity index (χ3v) is 6.08. The van der Waals surface area contributed by atoms with Gasteiger partial charge in [0.05, 0.1) is 0 Å². The van der Waals surface area contributed by atoms with E-state index in [1.54, 1.807) is 0 Å². The van der Waals surface area contributed by atoms with Gasteiger partial charge in [-0.05, 0) is 74.3 Å². The van der Waals surface area contributed by atoms with Crippen LogP contribution in [0.15, 0.2) is 48.5 Å². The van der Waals surface area contributed by atoms with Crippen molar-refractivity contribution in [1.82, 2.24) is 10.6 Å². The lowest BCUT2D eigenvalue weighted by molar-refractivity contribution is 0.0920. The van der Waals surface area contributed by atoms with Gasteiger partial charge in [0, 0.05) is 23.2 Å². The van der Waals surface area contributed by atoms with E-state index in [2.05, 4.69) is 10.6 Å². The molecule has 0 aliphatic heterocycles. The molecule has 146 valence electrons. The zero-order valence-electron chi connectivity index (χ0n) is 16.6. The summed E-state index contributed by atoms with van der Waals surface area (Å²) in [4.78, 5) is 25.4. The number of carbonyl (C=O) groups is 2. The summed E-state index contributed by atoms with van der Waals surface area (Å²) < 4.78 is 0. The molecule has 28 heavy (non-hydrogen) atoms. The summed E-state index contributed by atoms with van der Waals surface area (Å²) in [6.07, 6.45) is 4.95. The first-order valence-electron chi connectivity index (χ1n) is 10.3. The first kappa shape index (κ1) is 18.7. The monoisotopic (exact) mass is 376 g/mol. The summed E-state index contributed by atoms with van der Waals surface area (Å²) in [5, 5.41) is 6.20. The molecule has 3 atom stereocenters. The van der Waals surface area contributed by atoms with E-state index in [0.29, 0.717) is 23.1 Å². The molecule has 2 bridgehead atoms. The molecule has 2 N–H and O–H groups in total. The number of hydrogen-bond donors (Lipinski definition) is 2. The summed E-state index contributed by atoms with van der Waals surface area (Å²) in [6.45, 7) is 3.89. The molecule has 0 saturated heterocycles. The fourth-order valence-corrected chi connectivity index (χ4v) is 4.77. The van der Waals surface area contributed by atoms with E-state index in [4.69, 9.17) is 0 Å². The quantitative estimate of drug-likeness (QED) is 0.812. The lowest BCUT2D eigenvalue weighted by atomic mass is 9.94. The van der Waals surface area contributed by atoms with Crippen LogP contribution in [0.4, 0.5) is 0 Å². The summed E-state index contributed by atoms with van der Waals surface area (Å²) in [5.41, 5.74) is 3.01. The highest BCUT2D eigenvalue weighted by Crippen LogP contribution is 2.44. The van der Waals surface area contributed by atoms with Crippen molar-refractivity contribution in [3.8, 4) is 11.1 Å². The standard InChI is InChI=1S/C24H28N2O2/c1-15(2)25-24(28)21-9-4-3-8-20(21)17-6-5-7-19(14-17)23(27)26-22-13-16-10-11-18(22)12-16/h3-9,14-16,18,22H,10-13H2,1-2H3,(H,25,28)(H,26,27)/t16-,18+,22-/m1/s1. The van der Waals surface area contributed by atoms with Crippen molar-refractivity contribution in [2.75, 3.05) is 0 Å². The first-order valence-corrected chi connectivity index (χ1v) is 10.3. The molecule has 2 fully saturated rings. The molecule has 4 heteroatoms. The number of nitrogens with one attached hydrogen (secondary N) is 2. The minimum Gasteiger partial charge on any atom is -0.350 e. The lowest BCUT2D eigenvalue weighted by Gasteiger charge is -2.23. The van der Waals surface area contributed by atoms with Crippen LogP contribution in [-0.2, 0) is 0 Å². The molecule has 4 rings (SSSR count). The van der Waals surface area contributed by atoms with Gasteiger partial charge in [-0.2, -0.15) is 0 Å². The van der Waals surface area contributed by atoms with Crippen LogP contribution in [0.1, 0.15) is 60.2 Å². The topological polar surface area (TPSA) is 58.2 Å². The van der Waals surface area contributed by atoms with Crippen LogP contribution >= 0.6 is 0 Å². The molecule has 2 aromatic rings. The van der Waals surface area contributed by atoms with Crippen LogP contribution in [0.25, 0.3) is 11.1 Å². The van der Waals surface area contributed by atoms with Crippen molar-refractivity contribution >= 4 is 11.8 Å². The average molecular weight is 377 g/mol. The highest BCUT2D eigenvalue weighted by molar-refractivity contribution is 6.02. The fourth-order valence-electron chi connectivity index (χ4n) is 4.77. The molecule has 2 saturated carbocycles. The van der Waals surface area contributed by atoms with Gasteiger partial charge in [0.1, 0.15) is 0 Å². The van der Waals surface area contributed by atoms with E-state index in [1.807, 2.05) is 62.4 Å². The zero-order valence-corrected chi connectivity index (χ0v) is 16.6. The minimum absolute atomic E-state index is 0.0106. The van der Waals surface area contributed by atoms with Gasteiger partial charge in [-0.1, -0.05) is 36.8 Å². The second-order valence-corrected chi connectivity index (χ2v) is 8.51. The van der Waals surface area contributed by atoms with Crippen molar-refractivity contribution in [3.63, 3.8) is 0 Å². The van der Waals surface area contributed by atoms with Crippen LogP contribution in [-0.4, -0.2) is 23.9 Å². The Balaban J connectivity index is 1.56. The predicted molar refractivity (Wildman–Crippen MR) is 111 cm³/mol. The molecule has 0 spiro atoms. The normalized spacial score (nSPS) is 23.0. The number of rotatable bonds is 5. The smallest absolute Gasteiger partial charge is 0.252 e. The van der Waals surface area contributed by atoms with Gasteiger partial charge >= 0.3 is 0 Å². The van der Waals surface area contributed by atoms with E-state index < -0.39 is 0 Å². The average Bonchev–Trinajstić information content (AvgIpc) is 3.30. The molecular formula is C24H28N2O2. The van der Waals surface area contributed by atoms with Crippen LogP contribution in [0.2, 0.25) is 0 Å². The molecule has 0 unspecified atom stereocenters. The number of fused-ring (bicyclic) bond motifs is 2. The Labute approximate surface area is 166 Å². The van der Waals surface area contributed by atoms with Gasteiger partial charge in [-0.15, -0.1) is 0 Å². The first-order chi connectivity index (χ1) is 13.5. The summed E-state index contributed by atoms with van der Waals surface area (Å²) in [5.74, 6) is 1.34. The maximum Gasteiger partial charge on any atom is 0.252 e. The number of carbonyl (C=O) groups excluding carboxylic acids is 2. The molecule has 2 aliphatic rings. The molecule has 0 heterocycles. The maximum atomic E-state index is 12.8. The van der Waals surface area contributed by atoms with Crippen LogP contribution in [0.5, 0.6) is 0 Å². The molecule has 0 radical (unpaired) electrons. The van der Waals surface area contributed by atoms with Gasteiger partial charge in [0.15, 0.2) is 0 Å². The SMILES string of the molecule is CC(C)NC(=O)c1ccccc1-c1cccc(C(=O)N[C@@H]2C[C@@H]3CC[C@H]2C3)c1. The minimum atomic E-state index is -0.0950. The summed E-state index contributed by atoms with van der Waals surface area (Å²) in [7, 11) is 0. The summed E-state index contributed by atoms with van der Waals surface area (Å²) >= 11 is 0. The van der Waals surface area contributed by atoms with Gasteiger partial charge in [-0.25, -0.2) is 0 Å². The number of amides is 2. The second-order valence-electron chi connectivity index (χ2n) is 8.51. The Morgan fingerprint density at radius 2 is 1.79 bits per heavy atom. The van der Waals surface area contributed by atoms with Gasteiger partial charge in [-0.3, -0.25) is 9.59 Å². The van der Waals surface area contributed by atoms with E-state index in [9.17, 15) is 9.59 Å². The third kappa shape index (κ3) is 3.82. The molecule has 4 nitrogen and oxygen atoms in total. The van der Waals surface area contributed by atoms with Gasteiger partial charge in [0.2, 0.25) is 0 Å². The van der Waals surface area contributed by atoms with Crippen LogP contribution in [0.3, 0.4) is 0 Å². The zero-order chi connectivity index (χ0) is 19.7. The molecule has 2 aliphatic carbocycles. The Kier molecular flexibility index (Phi) is 5.21. The van der Waals surface area contributed by atoms with Crippen molar-refractivity contribution in [3.05, 3.63) is 59.7 Å². The highest BCUT2D eigenvalue weighted by atomic mass is 16.2. The summed E-state index contributed by atoms with van der Waals surface area (Å²) in [6, 6.07) is 15.5. The third-order valence-electron chi connectivity index (χ3n) is 6.08. The Hall–Kier alpha value is -2.62. The Morgan fingerprint density at radius 3 is 2.50 bits per heavy atom. The van der Waals surface area contributed by atoms with E-state index in [0.717, 1.165) is 23.5 Å². The largest absolute Gasteiger partial charge is 0.350 e. The molecule has 2 amide bonds. The van der Waals surface area contributed by atoms with E-state index >= 15 is 0 Å². The lowest BCUT2D eigenvalue weighted by Crippen LogP contribution is -2.38. The fraction of sp³-hybridized carbons (Fsp3) is 0.417. The van der Waals surface area contributed by atoms with Crippen molar-refractivity contribution in [1.29, 1.82) is 0 Å². The number of benzene rings is 2. The predicted octanol–water partition coefficient (Wildman–Crippen LogP) is 4.41. The van der Waals surface area contributed by atoms with Gasteiger partial charge in [0.25, 0.3) is 11.8 Å². The molecule has 2 aromatic carbocycles. The second kappa shape index (κ2) is 7.78. The van der Waals surface area contributed by atoms with Crippen LogP contribution < -0.4 is 10.6 Å². The maximum absolute atomic E-state index is 12.8.